The Kier molecular flexibility index (Phi) is 8.12. The third kappa shape index (κ3) is 11.9. The van der Waals surface area contributed by atoms with E-state index in [1.165, 1.54) is 19.3 Å². The highest BCUT2D eigenvalue weighted by molar-refractivity contribution is 7.85. The zero-order valence-electron chi connectivity index (χ0n) is 8.74. The Morgan fingerprint density at radius 3 is 2.29 bits per heavy atom. The molecule has 0 bridgehead atoms. The molecule has 0 aromatic rings. The Morgan fingerprint density at radius 1 is 1.07 bits per heavy atom. The van der Waals surface area contributed by atoms with E-state index in [4.69, 9.17) is 9.29 Å². The molecule has 0 rings (SSSR count). The first kappa shape index (κ1) is 13.9. The van der Waals surface area contributed by atoms with E-state index in [0.29, 0.717) is 6.61 Å². The molecule has 0 amide bonds. The highest BCUT2D eigenvalue weighted by Crippen LogP contribution is 2.02. The predicted octanol–water partition coefficient (Wildman–Crippen LogP) is 1.86. The molecule has 0 unspecified atom stereocenters. The van der Waals surface area contributed by atoms with E-state index in [-0.39, 0.29) is 12.4 Å². The standard InChI is InChI=1S/C9H20O4S/c1-2-3-4-5-6-7-13-8-9-14(10,11)12/h2-9H2,1H3,(H,10,11,12). The summed E-state index contributed by atoms with van der Waals surface area (Å²) < 4.78 is 34.0. The second-order valence-corrected chi connectivity index (χ2v) is 4.88. The van der Waals surface area contributed by atoms with Gasteiger partial charge in [-0.25, -0.2) is 0 Å². The first-order valence-corrected chi connectivity index (χ1v) is 6.70. The summed E-state index contributed by atoms with van der Waals surface area (Å²) in [6.07, 6.45) is 5.75. The quantitative estimate of drug-likeness (QED) is 0.479. The minimum Gasteiger partial charge on any atom is -0.380 e. The first-order chi connectivity index (χ1) is 6.56. The van der Waals surface area contributed by atoms with Crippen molar-refractivity contribution in [2.75, 3.05) is 19.0 Å². The Labute approximate surface area is 86.4 Å². The first-order valence-electron chi connectivity index (χ1n) is 5.09. The van der Waals surface area contributed by atoms with Crippen LogP contribution < -0.4 is 0 Å². The summed E-state index contributed by atoms with van der Waals surface area (Å²) in [5.74, 6) is -0.304. The van der Waals surface area contributed by atoms with Crippen LogP contribution in [0.4, 0.5) is 0 Å². The third-order valence-corrected chi connectivity index (χ3v) is 2.56. The zero-order chi connectivity index (χ0) is 10.9. The summed E-state index contributed by atoms with van der Waals surface area (Å²) in [5, 5.41) is 0. The van der Waals surface area contributed by atoms with Crippen LogP contribution in [0.25, 0.3) is 0 Å². The summed E-state index contributed by atoms with van der Waals surface area (Å²) in [7, 11) is -3.85. The maximum atomic E-state index is 10.3. The van der Waals surface area contributed by atoms with E-state index in [1.807, 2.05) is 0 Å². The maximum absolute atomic E-state index is 10.3. The normalized spacial score (nSPS) is 11.9. The highest BCUT2D eigenvalue weighted by Gasteiger charge is 2.02. The van der Waals surface area contributed by atoms with E-state index in [0.717, 1.165) is 12.8 Å². The minimum absolute atomic E-state index is 0.0899. The van der Waals surface area contributed by atoms with Gasteiger partial charge >= 0.3 is 0 Å². The fourth-order valence-electron chi connectivity index (χ4n) is 1.07. The lowest BCUT2D eigenvalue weighted by Crippen LogP contribution is -2.11. The van der Waals surface area contributed by atoms with Crippen molar-refractivity contribution in [1.29, 1.82) is 0 Å². The summed E-state index contributed by atoms with van der Waals surface area (Å²) in [4.78, 5) is 0. The Bertz CT molecular complexity index is 211. The lowest BCUT2D eigenvalue weighted by molar-refractivity contribution is 0.143. The van der Waals surface area contributed by atoms with Crippen molar-refractivity contribution in [3.05, 3.63) is 0 Å². The maximum Gasteiger partial charge on any atom is 0.267 e. The number of ether oxygens (including phenoxy) is 1. The molecule has 14 heavy (non-hydrogen) atoms. The molecule has 4 nitrogen and oxygen atoms in total. The number of rotatable bonds is 9. The van der Waals surface area contributed by atoms with Gasteiger partial charge < -0.3 is 4.74 Å². The van der Waals surface area contributed by atoms with E-state index >= 15 is 0 Å². The molecule has 0 radical (unpaired) electrons. The van der Waals surface area contributed by atoms with Crippen LogP contribution in [0.15, 0.2) is 0 Å². The van der Waals surface area contributed by atoms with Gasteiger partial charge in [-0.05, 0) is 6.42 Å². The minimum atomic E-state index is -3.85. The smallest absolute Gasteiger partial charge is 0.267 e. The molecule has 5 heteroatoms. The molecule has 86 valence electrons. The van der Waals surface area contributed by atoms with Crippen molar-refractivity contribution in [3.8, 4) is 0 Å². The number of hydrogen-bond acceptors (Lipinski definition) is 3. The third-order valence-electron chi connectivity index (χ3n) is 1.88. The summed E-state index contributed by atoms with van der Waals surface area (Å²) in [6, 6.07) is 0. The zero-order valence-corrected chi connectivity index (χ0v) is 9.55. The van der Waals surface area contributed by atoms with Gasteiger partial charge in [-0.15, -0.1) is 0 Å². The second-order valence-electron chi connectivity index (χ2n) is 3.31. The lowest BCUT2D eigenvalue weighted by Gasteiger charge is -2.02. The predicted molar refractivity (Wildman–Crippen MR) is 56.0 cm³/mol. The topological polar surface area (TPSA) is 63.6 Å². The van der Waals surface area contributed by atoms with Gasteiger partial charge in [0, 0.05) is 6.61 Å². The molecule has 0 saturated carbocycles. The van der Waals surface area contributed by atoms with Gasteiger partial charge in [0.05, 0.1) is 12.4 Å². The van der Waals surface area contributed by atoms with Crippen LogP contribution >= 0.6 is 0 Å². The lowest BCUT2D eigenvalue weighted by atomic mass is 10.2. The van der Waals surface area contributed by atoms with Crippen LogP contribution in [0.1, 0.15) is 39.0 Å². The molecule has 0 aliphatic rings. The molecule has 0 fully saturated rings. The van der Waals surface area contributed by atoms with Crippen molar-refractivity contribution in [2.45, 2.75) is 39.0 Å². The molecular weight excluding hydrogens is 204 g/mol. The monoisotopic (exact) mass is 224 g/mol. The van der Waals surface area contributed by atoms with E-state index in [2.05, 4.69) is 6.92 Å². The summed E-state index contributed by atoms with van der Waals surface area (Å²) >= 11 is 0. The van der Waals surface area contributed by atoms with Crippen molar-refractivity contribution in [1.82, 2.24) is 0 Å². The van der Waals surface area contributed by atoms with Crippen molar-refractivity contribution in [3.63, 3.8) is 0 Å². The number of hydrogen-bond donors (Lipinski definition) is 1. The van der Waals surface area contributed by atoms with Gasteiger partial charge in [0.25, 0.3) is 10.1 Å². The van der Waals surface area contributed by atoms with Crippen LogP contribution in [-0.2, 0) is 14.9 Å². The van der Waals surface area contributed by atoms with Gasteiger partial charge in [0.1, 0.15) is 0 Å². The fourth-order valence-corrected chi connectivity index (χ4v) is 1.40. The SMILES string of the molecule is CCCCCCCOCCS(=O)(=O)O. The average molecular weight is 224 g/mol. The van der Waals surface area contributed by atoms with Crippen LogP contribution in [0.3, 0.4) is 0 Å². The van der Waals surface area contributed by atoms with Gasteiger partial charge in [-0.1, -0.05) is 32.6 Å². The van der Waals surface area contributed by atoms with Gasteiger partial charge in [0.2, 0.25) is 0 Å². The number of unbranched alkanes of at least 4 members (excludes halogenated alkanes) is 4. The molecule has 0 aromatic heterocycles. The van der Waals surface area contributed by atoms with Crippen LogP contribution in [-0.4, -0.2) is 31.9 Å². The summed E-state index contributed by atoms with van der Waals surface area (Å²) in [6.45, 7) is 2.83. The van der Waals surface area contributed by atoms with Gasteiger partial charge in [0.15, 0.2) is 0 Å². The van der Waals surface area contributed by atoms with Crippen molar-refractivity contribution in [2.24, 2.45) is 0 Å². The van der Waals surface area contributed by atoms with Crippen LogP contribution in [0.5, 0.6) is 0 Å². The Morgan fingerprint density at radius 2 is 1.71 bits per heavy atom. The van der Waals surface area contributed by atoms with Gasteiger partial charge in [-0.2, -0.15) is 8.42 Å². The van der Waals surface area contributed by atoms with Crippen molar-refractivity contribution >= 4 is 10.1 Å². The molecule has 0 saturated heterocycles. The molecule has 1 N–H and O–H groups in total. The van der Waals surface area contributed by atoms with Gasteiger partial charge in [-0.3, -0.25) is 4.55 Å². The molecule has 0 heterocycles. The average Bonchev–Trinajstić information content (AvgIpc) is 2.08. The van der Waals surface area contributed by atoms with E-state index in [1.54, 1.807) is 0 Å². The fraction of sp³-hybridized carbons (Fsp3) is 1.00. The molecule has 0 spiro atoms. The van der Waals surface area contributed by atoms with E-state index in [9.17, 15) is 8.42 Å². The van der Waals surface area contributed by atoms with Crippen LogP contribution in [0, 0.1) is 0 Å². The molecule has 0 aliphatic carbocycles. The van der Waals surface area contributed by atoms with Crippen molar-refractivity contribution < 1.29 is 17.7 Å². The van der Waals surface area contributed by atoms with E-state index < -0.39 is 10.1 Å². The molecular formula is C9H20O4S. The Hall–Kier alpha value is -0.130. The summed E-state index contributed by atoms with van der Waals surface area (Å²) in [5.41, 5.74) is 0. The highest BCUT2D eigenvalue weighted by atomic mass is 32.2. The second kappa shape index (κ2) is 8.20. The largest absolute Gasteiger partial charge is 0.380 e. The van der Waals surface area contributed by atoms with Crippen LogP contribution in [0.2, 0.25) is 0 Å². The molecule has 0 aromatic carbocycles. The molecule has 0 atom stereocenters. The molecule has 0 aliphatic heterocycles. The Balaban J connectivity index is 3.07.